The number of para-hydroxylation sites is 1. The molecule has 1 heterocycles. The first-order chi connectivity index (χ1) is 8.15. The lowest BCUT2D eigenvalue weighted by Gasteiger charge is -2.10. The van der Waals surface area contributed by atoms with Crippen LogP contribution in [-0.4, -0.2) is 22.3 Å². The van der Waals surface area contributed by atoms with Crippen molar-refractivity contribution in [3.63, 3.8) is 0 Å². The average molecular weight is 251 g/mol. The van der Waals surface area contributed by atoms with E-state index < -0.39 is 10.8 Å². The largest absolute Gasteiger partial charge is 0.460 e. The molecule has 0 fully saturated rings. The summed E-state index contributed by atoms with van der Waals surface area (Å²) in [6.07, 6.45) is 1.72. The summed E-state index contributed by atoms with van der Waals surface area (Å²) in [5, 5.41) is 4.43. The molecule has 2 rings (SSSR count). The Morgan fingerprint density at radius 3 is 2.88 bits per heavy atom. The van der Waals surface area contributed by atoms with E-state index in [9.17, 15) is 4.21 Å². The zero-order chi connectivity index (χ0) is 12.3. The number of hydrogen-bond donors (Lipinski definition) is 1. The molecule has 2 aromatic rings. The molecule has 0 aliphatic rings. The highest BCUT2D eigenvalue weighted by molar-refractivity contribution is 7.84. The highest BCUT2D eigenvalue weighted by atomic mass is 32.2. The first-order valence-electron chi connectivity index (χ1n) is 5.66. The molecule has 1 N–H and O–H groups in total. The third-order valence-electron chi connectivity index (χ3n) is 2.59. The van der Waals surface area contributed by atoms with E-state index in [0.717, 1.165) is 16.7 Å². The van der Waals surface area contributed by atoms with Gasteiger partial charge in [-0.15, -0.1) is 0 Å². The zero-order valence-electron chi connectivity index (χ0n) is 10.1. The molecular formula is C13H17NO2S. The van der Waals surface area contributed by atoms with Crippen LogP contribution >= 0.6 is 0 Å². The summed E-state index contributed by atoms with van der Waals surface area (Å²) in [5.74, 6) is 1.58. The minimum Gasteiger partial charge on any atom is -0.460 e. The lowest BCUT2D eigenvalue weighted by molar-refractivity contribution is 0.489. The summed E-state index contributed by atoms with van der Waals surface area (Å²) in [5.41, 5.74) is 0.913. The molecule has 0 aliphatic carbocycles. The van der Waals surface area contributed by atoms with Crippen LogP contribution in [0.3, 0.4) is 0 Å². The van der Waals surface area contributed by atoms with Gasteiger partial charge in [0.1, 0.15) is 11.3 Å². The van der Waals surface area contributed by atoms with E-state index in [1.54, 1.807) is 6.26 Å². The van der Waals surface area contributed by atoms with E-state index in [1.807, 2.05) is 37.3 Å². The van der Waals surface area contributed by atoms with Gasteiger partial charge in [-0.3, -0.25) is 4.21 Å². The van der Waals surface area contributed by atoms with Crippen molar-refractivity contribution in [1.29, 1.82) is 0 Å². The maximum Gasteiger partial charge on any atom is 0.134 e. The Labute approximate surface area is 104 Å². The van der Waals surface area contributed by atoms with Crippen molar-refractivity contribution in [1.82, 2.24) is 5.32 Å². The standard InChI is InChI=1S/C13H17NO2S/c1-10(9-17(2)15)14-8-12-7-11-5-3-4-6-13(11)16-12/h3-7,10,14H,8-9H2,1-2H3. The second-order valence-electron chi connectivity index (χ2n) is 4.27. The predicted octanol–water partition coefficient (Wildman–Crippen LogP) is 2.29. The maximum absolute atomic E-state index is 11.1. The number of fused-ring (bicyclic) bond motifs is 1. The molecule has 1 aromatic heterocycles. The second kappa shape index (κ2) is 5.47. The second-order valence-corrected chi connectivity index (χ2v) is 5.75. The van der Waals surface area contributed by atoms with Gasteiger partial charge in [0, 0.05) is 34.2 Å². The Balaban J connectivity index is 1.97. The third kappa shape index (κ3) is 3.41. The molecule has 2 atom stereocenters. The summed E-state index contributed by atoms with van der Waals surface area (Å²) in [4.78, 5) is 0. The van der Waals surface area contributed by atoms with E-state index in [1.165, 1.54) is 0 Å². The smallest absolute Gasteiger partial charge is 0.134 e. The van der Waals surface area contributed by atoms with Crippen LogP contribution in [0.2, 0.25) is 0 Å². The van der Waals surface area contributed by atoms with Crippen LogP contribution in [0.1, 0.15) is 12.7 Å². The predicted molar refractivity (Wildman–Crippen MR) is 71.4 cm³/mol. The van der Waals surface area contributed by atoms with Crippen LogP contribution in [0, 0.1) is 0 Å². The van der Waals surface area contributed by atoms with Crippen molar-refractivity contribution in [2.24, 2.45) is 0 Å². The van der Waals surface area contributed by atoms with Crippen LogP contribution in [0.5, 0.6) is 0 Å². The third-order valence-corrected chi connectivity index (χ3v) is 3.56. The molecule has 0 spiro atoms. The van der Waals surface area contributed by atoms with Gasteiger partial charge < -0.3 is 9.73 Å². The van der Waals surface area contributed by atoms with Gasteiger partial charge in [0.05, 0.1) is 6.54 Å². The Morgan fingerprint density at radius 1 is 1.41 bits per heavy atom. The minimum absolute atomic E-state index is 0.231. The van der Waals surface area contributed by atoms with Crippen LogP contribution in [0.15, 0.2) is 34.7 Å². The average Bonchev–Trinajstić information content (AvgIpc) is 2.68. The Bertz CT molecular complexity index is 488. The monoisotopic (exact) mass is 251 g/mol. The van der Waals surface area contributed by atoms with Gasteiger partial charge in [-0.1, -0.05) is 18.2 Å². The van der Waals surface area contributed by atoms with Crippen molar-refractivity contribution in [2.45, 2.75) is 19.5 Å². The van der Waals surface area contributed by atoms with Crippen molar-refractivity contribution < 1.29 is 8.63 Å². The molecule has 1 aromatic carbocycles. The maximum atomic E-state index is 11.1. The summed E-state index contributed by atoms with van der Waals surface area (Å²) >= 11 is 0. The molecular weight excluding hydrogens is 234 g/mol. The quantitative estimate of drug-likeness (QED) is 0.886. The molecule has 2 unspecified atom stereocenters. The summed E-state index contributed by atoms with van der Waals surface area (Å²) in [6, 6.07) is 10.2. The molecule has 0 saturated carbocycles. The molecule has 0 aliphatic heterocycles. The molecule has 0 saturated heterocycles. The van der Waals surface area contributed by atoms with Crippen molar-refractivity contribution in [3.8, 4) is 0 Å². The van der Waals surface area contributed by atoms with Gasteiger partial charge in [-0.05, 0) is 19.1 Å². The zero-order valence-corrected chi connectivity index (χ0v) is 10.9. The van der Waals surface area contributed by atoms with E-state index >= 15 is 0 Å². The fourth-order valence-electron chi connectivity index (χ4n) is 1.81. The first-order valence-corrected chi connectivity index (χ1v) is 7.39. The van der Waals surface area contributed by atoms with Crippen LogP contribution in [0.25, 0.3) is 11.0 Å². The minimum atomic E-state index is -0.761. The Kier molecular flexibility index (Phi) is 3.97. The molecule has 17 heavy (non-hydrogen) atoms. The normalized spacial score (nSPS) is 14.9. The number of benzene rings is 1. The topological polar surface area (TPSA) is 42.2 Å². The summed E-state index contributed by atoms with van der Waals surface area (Å²) in [6.45, 7) is 2.71. The van der Waals surface area contributed by atoms with Crippen LogP contribution < -0.4 is 5.32 Å². The van der Waals surface area contributed by atoms with Crippen LogP contribution in [-0.2, 0) is 17.3 Å². The Morgan fingerprint density at radius 2 is 2.18 bits per heavy atom. The summed E-state index contributed by atoms with van der Waals surface area (Å²) in [7, 11) is -0.761. The number of rotatable bonds is 5. The summed E-state index contributed by atoms with van der Waals surface area (Å²) < 4.78 is 16.7. The first kappa shape index (κ1) is 12.3. The van der Waals surface area contributed by atoms with Gasteiger partial charge in [0.2, 0.25) is 0 Å². The van der Waals surface area contributed by atoms with Crippen LogP contribution in [0.4, 0.5) is 0 Å². The molecule has 0 radical (unpaired) electrons. The van der Waals surface area contributed by atoms with Crippen molar-refractivity contribution in [2.75, 3.05) is 12.0 Å². The van der Waals surface area contributed by atoms with Gasteiger partial charge >= 0.3 is 0 Å². The SMILES string of the molecule is CC(CS(C)=O)NCc1cc2ccccc2o1. The van der Waals surface area contributed by atoms with Gasteiger partial charge in [-0.25, -0.2) is 0 Å². The van der Waals surface area contributed by atoms with Crippen molar-refractivity contribution in [3.05, 3.63) is 36.1 Å². The van der Waals surface area contributed by atoms with E-state index in [-0.39, 0.29) is 6.04 Å². The van der Waals surface area contributed by atoms with Gasteiger partial charge in [0.15, 0.2) is 0 Å². The lowest BCUT2D eigenvalue weighted by atomic mass is 10.2. The van der Waals surface area contributed by atoms with Crippen molar-refractivity contribution >= 4 is 21.8 Å². The van der Waals surface area contributed by atoms with Gasteiger partial charge in [-0.2, -0.15) is 0 Å². The number of furan rings is 1. The Hall–Kier alpha value is -1.13. The van der Waals surface area contributed by atoms with E-state index in [0.29, 0.717) is 12.3 Å². The highest BCUT2D eigenvalue weighted by Crippen LogP contribution is 2.18. The fourth-order valence-corrected chi connectivity index (χ4v) is 2.63. The molecule has 92 valence electrons. The fraction of sp³-hybridized carbons (Fsp3) is 0.385. The lowest BCUT2D eigenvalue weighted by Crippen LogP contribution is -2.30. The molecule has 3 nitrogen and oxygen atoms in total. The highest BCUT2D eigenvalue weighted by Gasteiger charge is 2.06. The molecule has 4 heteroatoms. The van der Waals surface area contributed by atoms with Gasteiger partial charge in [0.25, 0.3) is 0 Å². The molecule has 0 amide bonds. The number of hydrogen-bond acceptors (Lipinski definition) is 3. The van der Waals surface area contributed by atoms with E-state index in [2.05, 4.69) is 5.32 Å². The van der Waals surface area contributed by atoms with E-state index in [4.69, 9.17) is 4.42 Å². The molecule has 0 bridgehead atoms. The number of nitrogens with one attached hydrogen (secondary N) is 1.